The van der Waals surface area contributed by atoms with Crippen molar-refractivity contribution < 1.29 is 18.8 Å². The molecule has 6 heteroatoms. The van der Waals surface area contributed by atoms with E-state index in [0.29, 0.717) is 26.0 Å². The van der Waals surface area contributed by atoms with Crippen molar-refractivity contribution in [1.29, 1.82) is 0 Å². The van der Waals surface area contributed by atoms with E-state index in [4.69, 9.17) is 9.16 Å². The van der Waals surface area contributed by atoms with Gasteiger partial charge < -0.3 is 14.5 Å². The van der Waals surface area contributed by atoms with Gasteiger partial charge in [-0.15, -0.1) is 0 Å². The zero-order chi connectivity index (χ0) is 15.1. The van der Waals surface area contributed by atoms with Gasteiger partial charge in [0.25, 0.3) is 14.3 Å². The van der Waals surface area contributed by atoms with Gasteiger partial charge in [-0.2, -0.15) is 0 Å². The zero-order valence-corrected chi connectivity index (χ0v) is 14.0. The van der Waals surface area contributed by atoms with Gasteiger partial charge in [-0.25, -0.2) is 4.79 Å². The van der Waals surface area contributed by atoms with Crippen LogP contribution in [-0.2, 0) is 14.0 Å². The van der Waals surface area contributed by atoms with Crippen molar-refractivity contribution >= 4 is 20.4 Å². The molecule has 0 saturated heterocycles. The molecule has 19 heavy (non-hydrogen) atoms. The van der Waals surface area contributed by atoms with Gasteiger partial charge in [0.1, 0.15) is 0 Å². The molecule has 0 bridgehead atoms. The molecule has 0 atom stereocenters. The summed E-state index contributed by atoms with van der Waals surface area (Å²) >= 11 is 0. The first-order valence-corrected chi connectivity index (χ1v) is 9.63. The number of alkyl carbamates (subject to hydrolysis) is 1. The number of amides is 1. The highest BCUT2D eigenvalue weighted by atomic mass is 28.4. The average Bonchev–Trinajstić information content (AvgIpc) is 2.22. The average molecular weight is 289 g/mol. The number of hydrogen-bond donors (Lipinski definition) is 1. The first kappa shape index (κ1) is 18.0. The van der Waals surface area contributed by atoms with Crippen molar-refractivity contribution in [3.05, 3.63) is 0 Å². The Morgan fingerprint density at radius 2 is 1.79 bits per heavy atom. The highest BCUT2D eigenvalue weighted by molar-refractivity contribution is 6.75. The predicted molar refractivity (Wildman–Crippen MR) is 77.5 cm³/mol. The normalized spacial score (nSPS) is 11.9. The van der Waals surface area contributed by atoms with E-state index >= 15 is 0 Å². The summed E-state index contributed by atoms with van der Waals surface area (Å²) in [5, 5.41) is 2.59. The van der Waals surface area contributed by atoms with Crippen LogP contribution in [0.4, 0.5) is 4.79 Å². The molecule has 0 saturated carbocycles. The van der Waals surface area contributed by atoms with Crippen molar-refractivity contribution in [2.45, 2.75) is 58.7 Å². The highest BCUT2D eigenvalue weighted by Gasteiger charge is 2.40. The van der Waals surface area contributed by atoms with E-state index in [0.717, 1.165) is 0 Å². The second kappa shape index (κ2) is 7.52. The first-order valence-electron chi connectivity index (χ1n) is 6.72. The van der Waals surface area contributed by atoms with Crippen LogP contribution in [0.15, 0.2) is 0 Å². The summed E-state index contributed by atoms with van der Waals surface area (Å²) in [7, 11) is -2.02. The minimum Gasteiger partial charge on any atom is -0.519 e. The monoisotopic (exact) mass is 289 g/mol. The lowest BCUT2D eigenvalue weighted by Gasteiger charge is -2.35. The highest BCUT2D eigenvalue weighted by Crippen LogP contribution is 2.36. The van der Waals surface area contributed by atoms with Crippen molar-refractivity contribution in [3.8, 4) is 0 Å². The molecule has 0 spiro atoms. The number of carbonyl (C=O) groups is 2. The number of rotatable bonds is 6. The maximum Gasteiger partial charge on any atom is 0.407 e. The van der Waals surface area contributed by atoms with E-state index < -0.39 is 14.4 Å². The van der Waals surface area contributed by atoms with Crippen LogP contribution in [0, 0.1) is 0 Å². The van der Waals surface area contributed by atoms with Gasteiger partial charge in [-0.1, -0.05) is 20.8 Å². The lowest BCUT2D eigenvalue weighted by Crippen LogP contribution is -2.42. The smallest absolute Gasteiger partial charge is 0.407 e. The van der Waals surface area contributed by atoms with Gasteiger partial charge in [0.15, 0.2) is 0 Å². The lowest BCUT2D eigenvalue weighted by atomic mass is 10.2. The Kier molecular flexibility index (Phi) is 7.11. The largest absolute Gasteiger partial charge is 0.519 e. The topological polar surface area (TPSA) is 64.6 Å². The molecule has 0 radical (unpaired) electrons. The quantitative estimate of drug-likeness (QED) is 0.603. The van der Waals surface area contributed by atoms with E-state index in [1.165, 1.54) is 0 Å². The minimum absolute atomic E-state index is 0.0197. The van der Waals surface area contributed by atoms with Crippen LogP contribution in [0.1, 0.15) is 40.5 Å². The third-order valence-electron chi connectivity index (χ3n) is 3.28. The molecule has 112 valence electrons. The summed E-state index contributed by atoms with van der Waals surface area (Å²) in [4.78, 5) is 22.7. The summed E-state index contributed by atoms with van der Waals surface area (Å²) in [6, 6.07) is 0. The molecule has 0 unspecified atom stereocenters. The van der Waals surface area contributed by atoms with E-state index in [-0.39, 0.29) is 11.0 Å². The van der Waals surface area contributed by atoms with Crippen molar-refractivity contribution in [2.75, 3.05) is 13.2 Å². The Morgan fingerprint density at radius 3 is 2.26 bits per heavy atom. The summed E-state index contributed by atoms with van der Waals surface area (Å²) in [5.41, 5.74) is 0. The fraction of sp³-hybridized carbons (Fsp3) is 0.846. The fourth-order valence-electron chi connectivity index (χ4n) is 1.09. The molecule has 1 N–H and O–H groups in total. The maximum absolute atomic E-state index is 11.7. The van der Waals surface area contributed by atoms with Crippen LogP contribution in [0.25, 0.3) is 0 Å². The minimum atomic E-state index is -2.02. The molecule has 0 aliphatic heterocycles. The third kappa shape index (κ3) is 7.20. The maximum atomic E-state index is 11.7. The van der Waals surface area contributed by atoms with E-state index in [2.05, 4.69) is 26.1 Å². The molecule has 0 aromatic rings. The molecule has 5 nitrogen and oxygen atoms in total. The molecule has 0 heterocycles. The van der Waals surface area contributed by atoms with Crippen LogP contribution in [0.3, 0.4) is 0 Å². The zero-order valence-electron chi connectivity index (χ0n) is 13.0. The number of ether oxygens (including phenoxy) is 1. The Bertz CT molecular complexity index is 310. The number of hydrogen-bond acceptors (Lipinski definition) is 4. The van der Waals surface area contributed by atoms with Crippen LogP contribution < -0.4 is 5.32 Å². The molecular weight excluding hydrogens is 262 g/mol. The fourth-order valence-corrected chi connectivity index (χ4v) is 2.07. The summed E-state index contributed by atoms with van der Waals surface area (Å²) in [5.74, 6) is -0.183. The Morgan fingerprint density at radius 1 is 1.21 bits per heavy atom. The SMILES string of the molecule is CCOC(=O)NCCCC(=O)O[Si](C)(C)C(C)(C)C. The Labute approximate surface area is 117 Å². The Hall–Kier alpha value is -1.04. The van der Waals surface area contributed by atoms with E-state index in [9.17, 15) is 9.59 Å². The van der Waals surface area contributed by atoms with Crippen molar-refractivity contribution in [2.24, 2.45) is 0 Å². The van der Waals surface area contributed by atoms with Crippen LogP contribution >= 0.6 is 0 Å². The number of nitrogens with one attached hydrogen (secondary N) is 1. The van der Waals surface area contributed by atoms with Gasteiger partial charge in [-0.05, 0) is 31.5 Å². The number of carbonyl (C=O) groups excluding carboxylic acids is 2. The van der Waals surface area contributed by atoms with Crippen molar-refractivity contribution in [3.63, 3.8) is 0 Å². The van der Waals surface area contributed by atoms with Gasteiger partial charge >= 0.3 is 6.09 Å². The van der Waals surface area contributed by atoms with Gasteiger partial charge in [0.05, 0.1) is 6.61 Å². The van der Waals surface area contributed by atoms with Gasteiger partial charge in [-0.3, -0.25) is 4.79 Å². The Balaban J connectivity index is 3.92. The molecule has 0 aliphatic carbocycles. The standard InChI is InChI=1S/C13H27NO4Si/c1-7-17-12(16)14-10-8-9-11(15)18-19(5,6)13(2,3)4/h7-10H2,1-6H3,(H,14,16). The van der Waals surface area contributed by atoms with Crippen LogP contribution in [0.2, 0.25) is 18.1 Å². The summed E-state index contributed by atoms with van der Waals surface area (Å²) in [6.07, 6.45) is 0.436. The molecular formula is C13H27NO4Si. The van der Waals surface area contributed by atoms with Gasteiger partial charge in [0, 0.05) is 13.0 Å². The van der Waals surface area contributed by atoms with Gasteiger partial charge in [0.2, 0.25) is 0 Å². The first-order chi connectivity index (χ1) is 8.60. The second-order valence-electron chi connectivity index (χ2n) is 5.99. The van der Waals surface area contributed by atoms with Crippen molar-refractivity contribution in [1.82, 2.24) is 5.32 Å². The van der Waals surface area contributed by atoms with E-state index in [1.807, 2.05) is 13.1 Å². The van der Waals surface area contributed by atoms with Crippen LogP contribution in [-0.4, -0.2) is 33.5 Å². The van der Waals surface area contributed by atoms with E-state index in [1.54, 1.807) is 6.92 Å². The molecule has 0 aromatic carbocycles. The molecule has 1 amide bonds. The predicted octanol–water partition coefficient (Wildman–Crippen LogP) is 3.06. The summed E-state index contributed by atoms with van der Waals surface area (Å²) in [6.45, 7) is 12.9. The second-order valence-corrected chi connectivity index (χ2v) is 10.7. The van der Waals surface area contributed by atoms with Crippen LogP contribution in [0.5, 0.6) is 0 Å². The molecule has 0 fully saturated rings. The molecule has 0 rings (SSSR count). The lowest BCUT2D eigenvalue weighted by molar-refractivity contribution is -0.135. The third-order valence-corrected chi connectivity index (χ3v) is 7.63. The summed E-state index contributed by atoms with van der Waals surface area (Å²) < 4.78 is 10.3. The molecule has 0 aliphatic rings. The molecule has 0 aromatic heterocycles.